The number of pyridine rings is 1. The van der Waals surface area contributed by atoms with Crippen molar-refractivity contribution in [1.29, 1.82) is 0 Å². The highest BCUT2D eigenvalue weighted by Gasteiger charge is 2.24. The summed E-state index contributed by atoms with van der Waals surface area (Å²) in [4.78, 5) is 4.61. The summed E-state index contributed by atoms with van der Waals surface area (Å²) < 4.78 is 0. The Bertz CT molecular complexity index is 1100. The van der Waals surface area contributed by atoms with E-state index >= 15 is 0 Å². The Labute approximate surface area is 152 Å². The monoisotopic (exact) mass is 343 g/mol. The number of hydrogen-bond donors (Lipinski definition) is 0. The molecule has 2 heteroatoms. The SMILES string of the molecule is Clc1ccnc(C2CCCc3c2ccc2c3ccc3ccccc32)c1. The van der Waals surface area contributed by atoms with E-state index in [1.807, 2.05) is 18.3 Å². The molecule has 1 aliphatic carbocycles. The van der Waals surface area contributed by atoms with E-state index < -0.39 is 0 Å². The number of halogens is 1. The Morgan fingerprint density at radius 1 is 0.880 bits per heavy atom. The minimum Gasteiger partial charge on any atom is -0.261 e. The standard InChI is InChI=1S/C23H18ClN/c24-16-12-13-25-23(14-16)22-7-3-6-18-20-9-8-15-4-1-2-5-17(15)19(20)10-11-21(18)22/h1-2,4-5,8-14,22H,3,6-7H2. The molecule has 5 rings (SSSR count). The Balaban J connectivity index is 1.75. The van der Waals surface area contributed by atoms with E-state index in [-0.39, 0.29) is 0 Å². The third-order valence-electron chi connectivity index (χ3n) is 5.47. The first-order valence-corrected chi connectivity index (χ1v) is 9.24. The molecule has 1 unspecified atom stereocenters. The summed E-state index contributed by atoms with van der Waals surface area (Å²) in [6.07, 6.45) is 5.29. The average Bonchev–Trinajstić information content (AvgIpc) is 2.67. The van der Waals surface area contributed by atoms with Crippen molar-refractivity contribution in [2.24, 2.45) is 0 Å². The molecule has 1 nitrogen and oxygen atoms in total. The number of aromatic nitrogens is 1. The number of nitrogens with zero attached hydrogens (tertiary/aromatic N) is 1. The second kappa shape index (κ2) is 5.86. The molecule has 0 spiro atoms. The molecule has 1 aromatic heterocycles. The van der Waals surface area contributed by atoms with Crippen LogP contribution in [0.25, 0.3) is 21.5 Å². The molecule has 4 aromatic rings. The van der Waals surface area contributed by atoms with Crippen LogP contribution in [0, 0.1) is 0 Å². The van der Waals surface area contributed by atoms with Crippen LogP contribution in [-0.4, -0.2) is 4.98 Å². The van der Waals surface area contributed by atoms with Crippen molar-refractivity contribution in [3.05, 3.63) is 88.7 Å². The summed E-state index contributed by atoms with van der Waals surface area (Å²) in [6.45, 7) is 0. The lowest BCUT2D eigenvalue weighted by molar-refractivity contribution is 0.607. The fraction of sp³-hybridized carbons (Fsp3) is 0.174. The van der Waals surface area contributed by atoms with Gasteiger partial charge in [-0.1, -0.05) is 60.1 Å². The van der Waals surface area contributed by atoms with Gasteiger partial charge in [-0.15, -0.1) is 0 Å². The number of benzene rings is 3. The fourth-order valence-corrected chi connectivity index (χ4v) is 4.50. The fourth-order valence-electron chi connectivity index (χ4n) is 4.33. The lowest BCUT2D eigenvalue weighted by atomic mass is 9.78. The Morgan fingerprint density at radius 2 is 1.76 bits per heavy atom. The van der Waals surface area contributed by atoms with Crippen molar-refractivity contribution in [3.63, 3.8) is 0 Å². The van der Waals surface area contributed by atoms with Gasteiger partial charge in [0.1, 0.15) is 0 Å². The zero-order valence-corrected chi connectivity index (χ0v) is 14.6. The van der Waals surface area contributed by atoms with Crippen molar-refractivity contribution in [2.75, 3.05) is 0 Å². The molecule has 1 aliphatic rings. The van der Waals surface area contributed by atoms with Crippen LogP contribution in [0.4, 0.5) is 0 Å². The summed E-state index contributed by atoms with van der Waals surface area (Å²) in [7, 11) is 0. The van der Waals surface area contributed by atoms with Gasteiger partial charge in [-0.3, -0.25) is 4.98 Å². The second-order valence-corrected chi connectivity index (χ2v) is 7.30. The van der Waals surface area contributed by atoms with Gasteiger partial charge in [-0.05, 0) is 64.1 Å². The number of hydrogen-bond acceptors (Lipinski definition) is 1. The second-order valence-electron chi connectivity index (χ2n) is 6.86. The van der Waals surface area contributed by atoms with Crippen molar-refractivity contribution in [1.82, 2.24) is 4.98 Å². The van der Waals surface area contributed by atoms with Crippen LogP contribution < -0.4 is 0 Å². The molecule has 122 valence electrons. The van der Waals surface area contributed by atoms with Gasteiger partial charge in [0.05, 0.1) is 0 Å². The quantitative estimate of drug-likeness (QED) is 0.359. The van der Waals surface area contributed by atoms with Crippen LogP contribution in [0.2, 0.25) is 5.02 Å². The van der Waals surface area contributed by atoms with Gasteiger partial charge in [0.2, 0.25) is 0 Å². The molecule has 0 N–H and O–H groups in total. The van der Waals surface area contributed by atoms with Gasteiger partial charge in [0, 0.05) is 22.8 Å². The molecule has 0 fully saturated rings. The van der Waals surface area contributed by atoms with Crippen molar-refractivity contribution >= 4 is 33.1 Å². The number of aryl methyl sites for hydroxylation is 1. The molecule has 0 radical (unpaired) electrons. The van der Waals surface area contributed by atoms with Crippen molar-refractivity contribution in [2.45, 2.75) is 25.2 Å². The first-order valence-electron chi connectivity index (χ1n) is 8.86. The summed E-state index contributed by atoms with van der Waals surface area (Å²) >= 11 is 6.21. The predicted molar refractivity (Wildman–Crippen MR) is 105 cm³/mol. The molecule has 0 aliphatic heterocycles. The van der Waals surface area contributed by atoms with E-state index in [2.05, 4.69) is 53.5 Å². The van der Waals surface area contributed by atoms with Crippen molar-refractivity contribution < 1.29 is 0 Å². The van der Waals surface area contributed by atoms with Crippen molar-refractivity contribution in [3.8, 4) is 0 Å². The molecule has 0 saturated heterocycles. The minimum atomic E-state index is 0.346. The Kier molecular flexibility index (Phi) is 3.50. The van der Waals surface area contributed by atoms with Gasteiger partial charge in [-0.2, -0.15) is 0 Å². The largest absolute Gasteiger partial charge is 0.261 e. The lowest BCUT2D eigenvalue weighted by Crippen LogP contribution is -2.12. The zero-order chi connectivity index (χ0) is 16.8. The van der Waals surface area contributed by atoms with E-state index in [1.54, 1.807) is 0 Å². The van der Waals surface area contributed by atoms with Gasteiger partial charge in [0.15, 0.2) is 0 Å². The maximum atomic E-state index is 6.21. The van der Waals surface area contributed by atoms with E-state index in [0.717, 1.165) is 23.6 Å². The molecular formula is C23H18ClN. The van der Waals surface area contributed by atoms with E-state index in [1.165, 1.54) is 39.1 Å². The zero-order valence-electron chi connectivity index (χ0n) is 13.9. The first kappa shape index (κ1) is 14.9. The highest BCUT2D eigenvalue weighted by Crippen LogP contribution is 2.40. The number of rotatable bonds is 1. The molecule has 1 atom stereocenters. The molecule has 0 amide bonds. The maximum Gasteiger partial charge on any atom is 0.0493 e. The Morgan fingerprint density at radius 3 is 2.68 bits per heavy atom. The highest BCUT2D eigenvalue weighted by molar-refractivity contribution is 6.30. The van der Waals surface area contributed by atoms with E-state index in [9.17, 15) is 0 Å². The van der Waals surface area contributed by atoms with Gasteiger partial charge >= 0.3 is 0 Å². The topological polar surface area (TPSA) is 12.9 Å². The van der Waals surface area contributed by atoms with Crippen LogP contribution >= 0.6 is 11.6 Å². The third-order valence-corrected chi connectivity index (χ3v) is 5.70. The molecule has 3 aromatic carbocycles. The molecule has 0 bridgehead atoms. The average molecular weight is 344 g/mol. The van der Waals surface area contributed by atoms with Crippen LogP contribution in [0.15, 0.2) is 66.9 Å². The summed E-state index contributed by atoms with van der Waals surface area (Å²) in [5.41, 5.74) is 4.00. The van der Waals surface area contributed by atoms with E-state index in [0.29, 0.717) is 5.92 Å². The lowest BCUT2D eigenvalue weighted by Gasteiger charge is -2.27. The van der Waals surface area contributed by atoms with Gasteiger partial charge in [-0.25, -0.2) is 0 Å². The normalized spacial score (nSPS) is 16.9. The number of fused-ring (bicyclic) bond motifs is 5. The van der Waals surface area contributed by atoms with Crippen LogP contribution in [0.1, 0.15) is 35.6 Å². The minimum absolute atomic E-state index is 0.346. The smallest absolute Gasteiger partial charge is 0.0493 e. The van der Waals surface area contributed by atoms with Crippen LogP contribution in [-0.2, 0) is 6.42 Å². The molecular weight excluding hydrogens is 326 g/mol. The van der Waals surface area contributed by atoms with Crippen LogP contribution in [0.3, 0.4) is 0 Å². The first-order chi connectivity index (χ1) is 12.3. The molecule has 25 heavy (non-hydrogen) atoms. The maximum absolute atomic E-state index is 6.21. The summed E-state index contributed by atoms with van der Waals surface area (Å²) in [5, 5.41) is 6.16. The highest BCUT2D eigenvalue weighted by atomic mass is 35.5. The molecule has 1 heterocycles. The predicted octanol–water partition coefficient (Wildman–Crippen LogP) is 6.51. The Hall–Kier alpha value is -2.38. The summed E-state index contributed by atoms with van der Waals surface area (Å²) in [5.74, 6) is 0.346. The third kappa shape index (κ3) is 2.42. The van der Waals surface area contributed by atoms with E-state index in [4.69, 9.17) is 11.6 Å². The van der Waals surface area contributed by atoms with Gasteiger partial charge < -0.3 is 0 Å². The molecule has 0 saturated carbocycles. The van der Waals surface area contributed by atoms with Gasteiger partial charge in [0.25, 0.3) is 0 Å². The summed E-state index contributed by atoms with van der Waals surface area (Å²) in [6, 6.07) is 21.7. The van der Waals surface area contributed by atoms with Crippen LogP contribution in [0.5, 0.6) is 0 Å².